The van der Waals surface area contributed by atoms with Gasteiger partial charge >= 0.3 is 0 Å². The summed E-state index contributed by atoms with van der Waals surface area (Å²) in [6.07, 6.45) is 0. The van der Waals surface area contributed by atoms with E-state index in [1.807, 2.05) is 0 Å². The van der Waals surface area contributed by atoms with Crippen LogP contribution in [-0.4, -0.2) is 31.2 Å². The highest BCUT2D eigenvalue weighted by molar-refractivity contribution is 5.48. The fourth-order valence-electron chi connectivity index (χ4n) is 1.27. The zero-order chi connectivity index (χ0) is 14.5. The number of likely N-dealkylation sites (N-methyl/N-ethyl adjacent to an activating group) is 1. The number of nitro groups is 1. The number of nitrogens with zero attached hydrogens (tertiary/aromatic N) is 2. The van der Waals surface area contributed by atoms with Crippen molar-refractivity contribution in [2.24, 2.45) is 0 Å². The summed E-state index contributed by atoms with van der Waals surface area (Å²) < 4.78 is 10.5. The van der Waals surface area contributed by atoms with Gasteiger partial charge in [0.2, 0.25) is 0 Å². The van der Waals surface area contributed by atoms with Crippen LogP contribution in [0.15, 0.2) is 18.2 Å². The lowest BCUT2D eigenvalue weighted by atomic mass is 10.1. The Morgan fingerprint density at radius 2 is 2.21 bits per heavy atom. The minimum absolute atomic E-state index is 0.0825. The topological polar surface area (TPSA) is 97.4 Å². The molecule has 19 heavy (non-hydrogen) atoms. The van der Waals surface area contributed by atoms with E-state index in [9.17, 15) is 10.1 Å². The van der Waals surface area contributed by atoms with Crippen LogP contribution < -0.4 is 14.8 Å². The van der Waals surface area contributed by atoms with Gasteiger partial charge < -0.3 is 9.47 Å². The first-order chi connectivity index (χ1) is 8.95. The summed E-state index contributed by atoms with van der Waals surface area (Å²) in [4.78, 5) is 10.1. The number of benzene rings is 1. The van der Waals surface area contributed by atoms with Gasteiger partial charge in [-0.25, -0.2) is 0 Å². The van der Waals surface area contributed by atoms with Crippen molar-refractivity contribution in [2.45, 2.75) is 12.5 Å². The van der Waals surface area contributed by atoms with Gasteiger partial charge in [-0.2, -0.15) is 5.26 Å². The van der Waals surface area contributed by atoms with Gasteiger partial charge in [0.05, 0.1) is 24.2 Å². The summed E-state index contributed by atoms with van der Waals surface area (Å²) in [5.74, 6) is 0.607. The molecular weight excluding hydrogens is 250 g/mol. The van der Waals surface area contributed by atoms with Crippen LogP contribution in [-0.2, 0) is 0 Å². The molecule has 1 atom stereocenters. The summed E-state index contributed by atoms with van der Waals surface area (Å²) in [7, 11) is 3.05. The van der Waals surface area contributed by atoms with Crippen LogP contribution in [0, 0.1) is 21.4 Å². The Morgan fingerprint density at radius 1 is 1.53 bits per heavy atom. The number of nitro benzene ring substituents is 1. The molecule has 0 saturated carbocycles. The molecule has 7 nitrogen and oxygen atoms in total. The third kappa shape index (κ3) is 3.56. The number of methoxy groups -OCH3 is 1. The summed E-state index contributed by atoms with van der Waals surface area (Å²) in [5, 5.41) is 22.5. The summed E-state index contributed by atoms with van der Waals surface area (Å²) >= 11 is 0. The predicted molar refractivity (Wildman–Crippen MR) is 68.2 cm³/mol. The lowest BCUT2D eigenvalue weighted by Crippen LogP contribution is -2.43. The normalized spacial score (nSPS) is 13.2. The van der Waals surface area contributed by atoms with Crippen molar-refractivity contribution in [3.63, 3.8) is 0 Å². The molecule has 0 bridgehead atoms. The summed E-state index contributed by atoms with van der Waals surface area (Å²) in [6, 6.07) is 6.13. The third-order valence-corrected chi connectivity index (χ3v) is 2.67. The van der Waals surface area contributed by atoms with Crippen molar-refractivity contribution >= 4 is 5.69 Å². The maximum Gasteiger partial charge on any atom is 0.273 e. The monoisotopic (exact) mass is 265 g/mol. The molecule has 0 aliphatic carbocycles. The second-order valence-electron chi connectivity index (χ2n) is 4.07. The van der Waals surface area contributed by atoms with Gasteiger partial charge in [-0.3, -0.25) is 15.4 Å². The maximum atomic E-state index is 10.6. The molecule has 1 aromatic rings. The minimum Gasteiger partial charge on any atom is -0.493 e. The highest BCUT2D eigenvalue weighted by atomic mass is 16.6. The van der Waals surface area contributed by atoms with E-state index in [4.69, 9.17) is 14.7 Å². The Labute approximate surface area is 110 Å². The zero-order valence-corrected chi connectivity index (χ0v) is 11.0. The average molecular weight is 265 g/mol. The molecular formula is C12H15N3O4. The fraction of sp³-hybridized carbons (Fsp3) is 0.417. The molecule has 7 heteroatoms. The fourth-order valence-corrected chi connectivity index (χ4v) is 1.27. The smallest absolute Gasteiger partial charge is 0.273 e. The molecule has 1 aromatic carbocycles. The van der Waals surface area contributed by atoms with Gasteiger partial charge in [0.15, 0.2) is 11.5 Å². The van der Waals surface area contributed by atoms with Crippen LogP contribution >= 0.6 is 0 Å². The molecule has 0 aliphatic heterocycles. The van der Waals surface area contributed by atoms with Crippen LogP contribution in [0.4, 0.5) is 5.69 Å². The van der Waals surface area contributed by atoms with Crippen molar-refractivity contribution in [1.82, 2.24) is 5.32 Å². The van der Waals surface area contributed by atoms with E-state index >= 15 is 0 Å². The van der Waals surface area contributed by atoms with Gasteiger partial charge in [-0.15, -0.1) is 0 Å². The summed E-state index contributed by atoms with van der Waals surface area (Å²) in [6.45, 7) is 1.78. The number of hydrogen-bond donors (Lipinski definition) is 1. The molecule has 1 rings (SSSR count). The van der Waals surface area contributed by atoms with Crippen LogP contribution in [0.5, 0.6) is 11.5 Å². The van der Waals surface area contributed by atoms with E-state index in [1.165, 1.54) is 25.3 Å². The number of nitrogens with one attached hydrogen (secondary N) is 1. The van der Waals surface area contributed by atoms with Gasteiger partial charge in [0.25, 0.3) is 5.69 Å². The quantitative estimate of drug-likeness (QED) is 0.618. The number of hydrogen-bond acceptors (Lipinski definition) is 6. The first-order valence-corrected chi connectivity index (χ1v) is 5.51. The van der Waals surface area contributed by atoms with E-state index in [0.717, 1.165) is 0 Å². The molecule has 0 amide bonds. The van der Waals surface area contributed by atoms with Crippen molar-refractivity contribution in [3.05, 3.63) is 28.3 Å². The van der Waals surface area contributed by atoms with Crippen molar-refractivity contribution < 1.29 is 14.4 Å². The zero-order valence-electron chi connectivity index (χ0n) is 11.0. The SMILES string of the molecule is CNC(C)(C#N)COc1ccc([N+](=O)[O-])cc1OC. The molecule has 0 spiro atoms. The first-order valence-electron chi connectivity index (χ1n) is 5.51. The first kappa shape index (κ1) is 14.7. The number of non-ortho nitro benzene ring substituents is 1. The highest BCUT2D eigenvalue weighted by Gasteiger charge is 2.23. The highest BCUT2D eigenvalue weighted by Crippen LogP contribution is 2.31. The maximum absolute atomic E-state index is 10.6. The van der Waals surface area contributed by atoms with E-state index in [-0.39, 0.29) is 18.0 Å². The number of nitriles is 1. The van der Waals surface area contributed by atoms with Crippen LogP contribution in [0.1, 0.15) is 6.92 Å². The van der Waals surface area contributed by atoms with Gasteiger partial charge in [-0.1, -0.05) is 0 Å². The number of ether oxygens (including phenoxy) is 2. The second-order valence-corrected chi connectivity index (χ2v) is 4.07. The number of rotatable bonds is 6. The molecule has 0 heterocycles. The van der Waals surface area contributed by atoms with E-state index in [1.54, 1.807) is 14.0 Å². The lowest BCUT2D eigenvalue weighted by molar-refractivity contribution is -0.384. The largest absolute Gasteiger partial charge is 0.493 e. The Balaban J connectivity index is 2.91. The Hall–Kier alpha value is -2.33. The van der Waals surface area contributed by atoms with Crippen LogP contribution in [0.2, 0.25) is 0 Å². The van der Waals surface area contributed by atoms with Crippen molar-refractivity contribution in [3.8, 4) is 17.6 Å². The molecule has 1 unspecified atom stereocenters. The van der Waals surface area contributed by atoms with Gasteiger partial charge in [0, 0.05) is 6.07 Å². The van der Waals surface area contributed by atoms with Crippen LogP contribution in [0.3, 0.4) is 0 Å². The van der Waals surface area contributed by atoms with E-state index in [0.29, 0.717) is 5.75 Å². The standard InChI is InChI=1S/C12H15N3O4/c1-12(7-13,14-2)8-19-10-5-4-9(15(16)17)6-11(10)18-3/h4-6,14H,8H2,1-3H3. The molecule has 0 fully saturated rings. The Kier molecular flexibility index (Phi) is 4.67. The summed E-state index contributed by atoms with van der Waals surface area (Å²) in [5.41, 5.74) is -0.923. The van der Waals surface area contributed by atoms with E-state index in [2.05, 4.69) is 11.4 Å². The molecule has 0 radical (unpaired) electrons. The molecule has 0 aliphatic rings. The lowest BCUT2D eigenvalue weighted by Gasteiger charge is -2.21. The molecule has 0 saturated heterocycles. The molecule has 102 valence electrons. The van der Waals surface area contributed by atoms with Gasteiger partial charge in [0.1, 0.15) is 12.1 Å². The minimum atomic E-state index is -0.840. The Bertz CT molecular complexity index is 512. The molecule has 0 aromatic heterocycles. The van der Waals surface area contributed by atoms with E-state index < -0.39 is 10.5 Å². The van der Waals surface area contributed by atoms with Crippen molar-refractivity contribution in [1.29, 1.82) is 5.26 Å². The van der Waals surface area contributed by atoms with Crippen LogP contribution in [0.25, 0.3) is 0 Å². The second kappa shape index (κ2) is 6.02. The predicted octanol–water partition coefficient (Wildman–Crippen LogP) is 1.48. The van der Waals surface area contributed by atoms with Crippen molar-refractivity contribution in [2.75, 3.05) is 20.8 Å². The third-order valence-electron chi connectivity index (χ3n) is 2.67. The van der Waals surface area contributed by atoms with Gasteiger partial charge in [-0.05, 0) is 20.0 Å². The Morgan fingerprint density at radius 3 is 2.68 bits per heavy atom. The average Bonchev–Trinajstić information content (AvgIpc) is 2.44. The molecule has 1 N–H and O–H groups in total.